The number of nitrogens with two attached hydrogens (primary N) is 1. The van der Waals surface area contributed by atoms with E-state index in [1.54, 1.807) is 6.26 Å². The van der Waals surface area contributed by atoms with E-state index in [0.717, 1.165) is 31.0 Å². The summed E-state index contributed by atoms with van der Waals surface area (Å²) in [5.41, 5.74) is 6.45. The number of hydrogen-bond acceptors (Lipinski definition) is 4. The van der Waals surface area contributed by atoms with Gasteiger partial charge in [-0.15, -0.1) is 0 Å². The Morgan fingerprint density at radius 2 is 2.06 bits per heavy atom. The van der Waals surface area contributed by atoms with E-state index in [1.807, 2.05) is 0 Å². The van der Waals surface area contributed by atoms with Gasteiger partial charge in [0.2, 0.25) is 0 Å². The minimum absolute atomic E-state index is 0.637. The molecule has 90 valence electrons. The summed E-state index contributed by atoms with van der Waals surface area (Å²) in [5.74, 6) is 0.856. The largest absolute Gasteiger partial charge is 0.449 e. The summed E-state index contributed by atoms with van der Waals surface area (Å²) in [6.07, 6.45) is 7.53. The third-order valence-corrected chi connectivity index (χ3v) is 3.09. The molecule has 1 aromatic heterocycles. The second-order valence-corrected chi connectivity index (χ2v) is 4.42. The van der Waals surface area contributed by atoms with Crippen molar-refractivity contribution in [3.8, 4) is 0 Å². The summed E-state index contributed by atoms with van der Waals surface area (Å²) in [4.78, 5) is 6.91. The van der Waals surface area contributed by atoms with Crippen LogP contribution >= 0.6 is 0 Å². The van der Waals surface area contributed by atoms with Crippen LogP contribution in [0.2, 0.25) is 0 Å². The van der Waals surface area contributed by atoms with Crippen LogP contribution in [0, 0.1) is 0 Å². The molecule has 0 unspecified atom stereocenters. The average molecular weight is 223 g/mol. The molecule has 2 rings (SSSR count). The predicted octanol–water partition coefficient (Wildman–Crippen LogP) is 1.20. The number of oxazole rings is 1. The van der Waals surface area contributed by atoms with Crippen LogP contribution in [-0.4, -0.2) is 36.1 Å². The van der Waals surface area contributed by atoms with Crippen molar-refractivity contribution in [2.24, 2.45) is 5.73 Å². The zero-order valence-corrected chi connectivity index (χ0v) is 9.82. The number of rotatable bonds is 5. The molecule has 2 N–H and O–H groups in total. The molecule has 0 bridgehead atoms. The van der Waals surface area contributed by atoms with E-state index in [2.05, 4.69) is 9.88 Å². The van der Waals surface area contributed by atoms with Crippen molar-refractivity contribution in [1.82, 2.24) is 9.88 Å². The van der Waals surface area contributed by atoms with Gasteiger partial charge in [-0.25, -0.2) is 4.98 Å². The van der Waals surface area contributed by atoms with Gasteiger partial charge in [0.05, 0.1) is 5.69 Å². The maximum atomic E-state index is 5.47. The first-order valence-electron chi connectivity index (χ1n) is 6.24. The van der Waals surface area contributed by atoms with E-state index in [9.17, 15) is 0 Å². The predicted molar refractivity (Wildman–Crippen MR) is 63.3 cm³/mol. The normalized spacial score (nSPS) is 17.8. The lowest BCUT2D eigenvalue weighted by Crippen LogP contribution is -2.31. The Morgan fingerprint density at radius 3 is 2.81 bits per heavy atom. The Morgan fingerprint density at radius 1 is 1.25 bits per heavy atom. The molecule has 0 aromatic carbocycles. The van der Waals surface area contributed by atoms with Crippen LogP contribution in [0.25, 0.3) is 0 Å². The van der Waals surface area contributed by atoms with Crippen LogP contribution in [0.1, 0.15) is 30.8 Å². The summed E-state index contributed by atoms with van der Waals surface area (Å²) in [7, 11) is 0. The van der Waals surface area contributed by atoms with E-state index in [-0.39, 0.29) is 0 Å². The summed E-state index contributed by atoms with van der Waals surface area (Å²) in [6, 6.07) is 0. The van der Waals surface area contributed by atoms with Crippen molar-refractivity contribution >= 4 is 0 Å². The molecule has 1 saturated heterocycles. The van der Waals surface area contributed by atoms with Gasteiger partial charge in [0.25, 0.3) is 0 Å². The summed E-state index contributed by atoms with van der Waals surface area (Å²) in [6.45, 7) is 4.17. The summed E-state index contributed by atoms with van der Waals surface area (Å²) in [5, 5.41) is 0. The van der Waals surface area contributed by atoms with Crippen LogP contribution in [-0.2, 0) is 12.8 Å². The molecule has 0 spiro atoms. The minimum Gasteiger partial charge on any atom is -0.449 e. The second-order valence-electron chi connectivity index (χ2n) is 4.42. The lowest BCUT2D eigenvalue weighted by atomic mass is 10.1. The van der Waals surface area contributed by atoms with E-state index in [1.165, 1.54) is 32.4 Å². The Hall–Kier alpha value is -0.870. The molecule has 0 saturated carbocycles. The molecule has 0 aliphatic carbocycles. The molecule has 4 nitrogen and oxygen atoms in total. The van der Waals surface area contributed by atoms with Gasteiger partial charge in [0.1, 0.15) is 6.26 Å². The molecular formula is C12H21N3O. The van der Waals surface area contributed by atoms with Gasteiger partial charge in [0, 0.05) is 19.4 Å². The molecule has 1 aliphatic rings. The van der Waals surface area contributed by atoms with Gasteiger partial charge < -0.3 is 15.1 Å². The SMILES string of the molecule is NCCc1coc(CCN2CCCCC2)n1. The van der Waals surface area contributed by atoms with Crippen LogP contribution in [0.5, 0.6) is 0 Å². The van der Waals surface area contributed by atoms with Crippen LogP contribution in [0.3, 0.4) is 0 Å². The minimum atomic E-state index is 0.637. The fraction of sp³-hybridized carbons (Fsp3) is 0.750. The third kappa shape index (κ3) is 3.32. The smallest absolute Gasteiger partial charge is 0.195 e. The lowest BCUT2D eigenvalue weighted by molar-refractivity contribution is 0.226. The first-order chi connectivity index (χ1) is 7.88. The van der Waals surface area contributed by atoms with Crippen molar-refractivity contribution < 1.29 is 4.42 Å². The Bertz CT molecular complexity index is 305. The topological polar surface area (TPSA) is 55.3 Å². The fourth-order valence-electron chi connectivity index (χ4n) is 2.16. The zero-order valence-electron chi connectivity index (χ0n) is 9.82. The van der Waals surface area contributed by atoms with Gasteiger partial charge in [0.15, 0.2) is 5.89 Å². The van der Waals surface area contributed by atoms with Gasteiger partial charge in [-0.05, 0) is 32.5 Å². The number of likely N-dealkylation sites (tertiary alicyclic amines) is 1. The fourth-order valence-corrected chi connectivity index (χ4v) is 2.16. The quantitative estimate of drug-likeness (QED) is 0.815. The van der Waals surface area contributed by atoms with Crippen molar-refractivity contribution in [2.45, 2.75) is 32.1 Å². The lowest BCUT2D eigenvalue weighted by Gasteiger charge is -2.25. The highest BCUT2D eigenvalue weighted by Gasteiger charge is 2.11. The summed E-state index contributed by atoms with van der Waals surface area (Å²) >= 11 is 0. The van der Waals surface area contributed by atoms with Crippen LogP contribution < -0.4 is 5.73 Å². The highest BCUT2D eigenvalue weighted by Crippen LogP contribution is 2.10. The van der Waals surface area contributed by atoms with Crippen molar-refractivity contribution in [1.29, 1.82) is 0 Å². The first kappa shape index (κ1) is 11.6. The molecule has 0 atom stereocenters. The number of hydrogen-bond donors (Lipinski definition) is 1. The van der Waals surface area contributed by atoms with Gasteiger partial charge in [-0.1, -0.05) is 6.42 Å². The molecule has 0 radical (unpaired) electrons. The van der Waals surface area contributed by atoms with Crippen LogP contribution in [0.15, 0.2) is 10.7 Å². The van der Waals surface area contributed by atoms with E-state index in [4.69, 9.17) is 10.2 Å². The molecular weight excluding hydrogens is 202 g/mol. The highest BCUT2D eigenvalue weighted by molar-refractivity contribution is 4.97. The average Bonchev–Trinajstić information content (AvgIpc) is 2.76. The molecule has 16 heavy (non-hydrogen) atoms. The zero-order chi connectivity index (χ0) is 11.2. The van der Waals surface area contributed by atoms with E-state index < -0.39 is 0 Å². The van der Waals surface area contributed by atoms with Gasteiger partial charge in [-0.3, -0.25) is 0 Å². The van der Waals surface area contributed by atoms with Crippen molar-refractivity contribution in [3.63, 3.8) is 0 Å². The molecule has 4 heteroatoms. The van der Waals surface area contributed by atoms with E-state index >= 15 is 0 Å². The van der Waals surface area contributed by atoms with E-state index in [0.29, 0.717) is 6.54 Å². The molecule has 1 aromatic rings. The third-order valence-electron chi connectivity index (χ3n) is 3.09. The highest BCUT2D eigenvalue weighted by atomic mass is 16.3. The summed E-state index contributed by atoms with van der Waals surface area (Å²) < 4.78 is 5.41. The van der Waals surface area contributed by atoms with Crippen LogP contribution in [0.4, 0.5) is 0 Å². The molecule has 1 aliphatic heterocycles. The molecule has 1 fully saturated rings. The Balaban J connectivity index is 1.75. The molecule has 0 amide bonds. The standard InChI is InChI=1S/C12H21N3O/c13-6-4-11-10-16-12(14-11)5-9-15-7-2-1-3-8-15/h10H,1-9,13H2. The maximum absolute atomic E-state index is 5.47. The Kier molecular flexibility index (Phi) is 4.36. The maximum Gasteiger partial charge on any atom is 0.195 e. The first-order valence-corrected chi connectivity index (χ1v) is 6.24. The number of nitrogens with zero attached hydrogens (tertiary/aromatic N) is 2. The van der Waals surface area contributed by atoms with Crippen molar-refractivity contribution in [2.75, 3.05) is 26.2 Å². The Labute approximate surface area is 96.8 Å². The van der Waals surface area contributed by atoms with Gasteiger partial charge in [-0.2, -0.15) is 0 Å². The monoisotopic (exact) mass is 223 g/mol. The second kappa shape index (κ2) is 6.01. The van der Waals surface area contributed by atoms with Crippen molar-refractivity contribution in [3.05, 3.63) is 17.8 Å². The van der Waals surface area contributed by atoms with Gasteiger partial charge >= 0.3 is 0 Å². The molecule has 2 heterocycles. The number of piperidine rings is 1. The number of aromatic nitrogens is 1.